The number of likely N-dealkylation sites (tertiary alicyclic amines) is 1. The third kappa shape index (κ3) is 3.50. The van der Waals surface area contributed by atoms with Gasteiger partial charge in [0.2, 0.25) is 0 Å². The highest BCUT2D eigenvalue weighted by molar-refractivity contribution is 5.91. The van der Waals surface area contributed by atoms with Crippen molar-refractivity contribution in [1.82, 2.24) is 19.7 Å². The molecular formula is C15H16F3N5O. The molecule has 2 aromatic heterocycles. The molecule has 1 saturated heterocycles. The highest BCUT2D eigenvalue weighted by Gasteiger charge is 2.42. The van der Waals surface area contributed by atoms with Crippen molar-refractivity contribution >= 4 is 11.7 Å². The fourth-order valence-corrected chi connectivity index (χ4v) is 2.69. The molecule has 0 bridgehead atoms. The minimum Gasteiger partial charge on any atom is -0.324 e. The summed E-state index contributed by atoms with van der Waals surface area (Å²) in [4.78, 5) is 17.7. The van der Waals surface area contributed by atoms with Crippen LogP contribution in [0.4, 0.5) is 23.7 Å². The summed E-state index contributed by atoms with van der Waals surface area (Å²) in [6.07, 6.45) is 0.882. The minimum atomic E-state index is -4.28. The molecule has 1 N–H and O–H groups in total. The summed E-state index contributed by atoms with van der Waals surface area (Å²) in [5.41, 5.74) is 0.389. The molecule has 3 heterocycles. The molecule has 3 rings (SSSR count). The number of piperidine rings is 1. The third-order valence-corrected chi connectivity index (χ3v) is 3.92. The number of carbonyl (C=O) groups excluding carboxylic acids is 1. The summed E-state index contributed by atoms with van der Waals surface area (Å²) in [7, 11) is 0. The first-order chi connectivity index (χ1) is 11.4. The van der Waals surface area contributed by atoms with Gasteiger partial charge in [-0.25, -0.2) is 14.5 Å². The van der Waals surface area contributed by atoms with Gasteiger partial charge in [0.05, 0.1) is 11.6 Å². The molecule has 1 atom stereocenters. The summed E-state index contributed by atoms with van der Waals surface area (Å²) in [5, 5.41) is 6.69. The van der Waals surface area contributed by atoms with Crippen LogP contribution in [0.15, 0.2) is 36.8 Å². The Hall–Kier alpha value is -2.58. The second-order valence-corrected chi connectivity index (χ2v) is 5.58. The van der Waals surface area contributed by atoms with Gasteiger partial charge in [-0.15, -0.1) is 0 Å². The number of rotatable bonds is 2. The van der Waals surface area contributed by atoms with Gasteiger partial charge in [-0.2, -0.15) is 18.3 Å². The Kier molecular flexibility index (Phi) is 4.41. The number of anilines is 1. The summed E-state index contributed by atoms with van der Waals surface area (Å²) in [6.45, 7) is -0.0253. The number of alkyl halides is 3. The molecule has 0 unspecified atom stereocenters. The van der Waals surface area contributed by atoms with Crippen molar-refractivity contribution in [3.05, 3.63) is 36.8 Å². The number of aromatic nitrogens is 3. The predicted octanol–water partition coefficient (Wildman–Crippen LogP) is 3.07. The summed E-state index contributed by atoms with van der Waals surface area (Å²) in [6, 6.07) is 4.41. The smallest absolute Gasteiger partial charge is 0.324 e. The second kappa shape index (κ2) is 6.50. The highest BCUT2D eigenvalue weighted by atomic mass is 19.4. The first kappa shape index (κ1) is 16.3. The molecule has 1 aliphatic heterocycles. The van der Waals surface area contributed by atoms with Crippen molar-refractivity contribution in [2.24, 2.45) is 5.92 Å². The van der Waals surface area contributed by atoms with Gasteiger partial charge in [-0.1, -0.05) is 0 Å². The number of hydrogen-bond donors (Lipinski definition) is 1. The van der Waals surface area contributed by atoms with Gasteiger partial charge in [0.15, 0.2) is 5.82 Å². The van der Waals surface area contributed by atoms with E-state index in [4.69, 9.17) is 0 Å². The van der Waals surface area contributed by atoms with Gasteiger partial charge < -0.3 is 10.2 Å². The van der Waals surface area contributed by atoms with E-state index in [2.05, 4.69) is 15.4 Å². The van der Waals surface area contributed by atoms with E-state index in [9.17, 15) is 18.0 Å². The van der Waals surface area contributed by atoms with Crippen LogP contribution in [-0.2, 0) is 0 Å². The van der Waals surface area contributed by atoms with Crippen LogP contribution in [0.3, 0.4) is 0 Å². The van der Waals surface area contributed by atoms with E-state index < -0.39 is 18.1 Å². The SMILES string of the molecule is O=C(Nc1cccnc1-n1cccn1)N1CCC[C@H](C(F)(F)F)C1. The molecule has 1 fully saturated rings. The quantitative estimate of drug-likeness (QED) is 0.915. The number of hydrogen-bond acceptors (Lipinski definition) is 3. The number of pyridine rings is 1. The van der Waals surface area contributed by atoms with Crippen LogP contribution in [0.2, 0.25) is 0 Å². The number of halogens is 3. The molecule has 0 aromatic carbocycles. The van der Waals surface area contributed by atoms with Gasteiger partial charge in [0.1, 0.15) is 0 Å². The molecule has 0 aliphatic carbocycles. The molecule has 0 saturated carbocycles. The van der Waals surface area contributed by atoms with Gasteiger partial charge in [0.25, 0.3) is 0 Å². The molecule has 9 heteroatoms. The average Bonchev–Trinajstić information content (AvgIpc) is 3.09. The normalized spacial score (nSPS) is 18.5. The van der Waals surface area contributed by atoms with Crippen molar-refractivity contribution in [3.63, 3.8) is 0 Å². The van der Waals surface area contributed by atoms with Crippen LogP contribution in [0, 0.1) is 5.92 Å². The van der Waals surface area contributed by atoms with E-state index >= 15 is 0 Å². The number of carbonyl (C=O) groups is 1. The van der Waals surface area contributed by atoms with Crippen LogP contribution in [0.1, 0.15) is 12.8 Å². The van der Waals surface area contributed by atoms with E-state index in [1.54, 1.807) is 36.8 Å². The lowest BCUT2D eigenvalue weighted by Crippen LogP contribution is -2.46. The highest BCUT2D eigenvalue weighted by Crippen LogP contribution is 2.33. The monoisotopic (exact) mass is 339 g/mol. The molecule has 24 heavy (non-hydrogen) atoms. The van der Waals surface area contributed by atoms with E-state index in [0.717, 1.165) is 0 Å². The zero-order valence-electron chi connectivity index (χ0n) is 12.7. The lowest BCUT2D eigenvalue weighted by molar-refractivity contribution is -0.183. The van der Waals surface area contributed by atoms with Crippen LogP contribution >= 0.6 is 0 Å². The fourth-order valence-electron chi connectivity index (χ4n) is 2.69. The van der Waals surface area contributed by atoms with E-state index in [1.165, 1.54) is 9.58 Å². The zero-order valence-corrected chi connectivity index (χ0v) is 12.7. The van der Waals surface area contributed by atoms with E-state index in [-0.39, 0.29) is 13.0 Å². The Labute approximate surface area is 136 Å². The van der Waals surface area contributed by atoms with Gasteiger partial charge >= 0.3 is 12.2 Å². The van der Waals surface area contributed by atoms with Crippen molar-refractivity contribution in [2.45, 2.75) is 19.0 Å². The van der Waals surface area contributed by atoms with Crippen molar-refractivity contribution in [1.29, 1.82) is 0 Å². The van der Waals surface area contributed by atoms with Gasteiger partial charge in [0, 0.05) is 31.7 Å². The maximum atomic E-state index is 12.9. The lowest BCUT2D eigenvalue weighted by Gasteiger charge is -2.33. The van der Waals surface area contributed by atoms with Crippen LogP contribution in [0.5, 0.6) is 0 Å². The van der Waals surface area contributed by atoms with Crippen molar-refractivity contribution in [2.75, 3.05) is 18.4 Å². The van der Waals surface area contributed by atoms with Gasteiger partial charge in [-0.05, 0) is 31.0 Å². The van der Waals surface area contributed by atoms with E-state index in [1.807, 2.05) is 0 Å². The first-order valence-corrected chi connectivity index (χ1v) is 7.53. The van der Waals surface area contributed by atoms with Crippen LogP contribution in [-0.4, -0.2) is 45.0 Å². The standard InChI is InChI=1S/C15H16F3N5O/c16-15(17,18)11-4-2-8-22(10-11)14(24)21-12-5-1-6-19-13(12)23-9-3-7-20-23/h1,3,5-7,9,11H,2,4,8,10H2,(H,21,24)/t11-/m0/s1. The number of urea groups is 1. The van der Waals surface area contributed by atoms with Crippen molar-refractivity contribution < 1.29 is 18.0 Å². The second-order valence-electron chi connectivity index (χ2n) is 5.58. The van der Waals surface area contributed by atoms with Crippen LogP contribution in [0.25, 0.3) is 5.82 Å². The summed E-state index contributed by atoms with van der Waals surface area (Å²) in [5.74, 6) is -1.07. The molecular weight excluding hydrogens is 323 g/mol. The number of nitrogens with zero attached hydrogens (tertiary/aromatic N) is 4. The Morgan fingerprint density at radius 2 is 2.12 bits per heavy atom. The largest absolute Gasteiger partial charge is 0.393 e. The maximum Gasteiger partial charge on any atom is 0.393 e. The first-order valence-electron chi connectivity index (χ1n) is 7.53. The van der Waals surface area contributed by atoms with Crippen LogP contribution < -0.4 is 5.32 Å². The lowest BCUT2D eigenvalue weighted by atomic mass is 9.98. The van der Waals surface area contributed by atoms with E-state index in [0.29, 0.717) is 24.5 Å². The Morgan fingerprint density at radius 1 is 1.29 bits per heavy atom. The third-order valence-electron chi connectivity index (χ3n) is 3.92. The number of nitrogens with one attached hydrogen (secondary N) is 1. The Morgan fingerprint density at radius 3 is 2.83 bits per heavy atom. The molecule has 2 aromatic rings. The molecule has 6 nitrogen and oxygen atoms in total. The van der Waals surface area contributed by atoms with Gasteiger partial charge in [-0.3, -0.25) is 0 Å². The Balaban J connectivity index is 1.74. The molecule has 0 spiro atoms. The Bertz CT molecular complexity index is 701. The van der Waals surface area contributed by atoms with Crippen molar-refractivity contribution in [3.8, 4) is 5.82 Å². The predicted molar refractivity (Wildman–Crippen MR) is 80.7 cm³/mol. The fraction of sp³-hybridized carbons (Fsp3) is 0.400. The molecule has 2 amide bonds. The maximum absolute atomic E-state index is 12.9. The average molecular weight is 339 g/mol. The minimum absolute atomic E-state index is 0.0543. The molecule has 0 radical (unpaired) electrons. The zero-order chi connectivity index (χ0) is 17.2. The number of amides is 2. The molecule has 1 aliphatic rings. The summed E-state index contributed by atoms with van der Waals surface area (Å²) < 4.78 is 40.1. The summed E-state index contributed by atoms with van der Waals surface area (Å²) >= 11 is 0. The topological polar surface area (TPSA) is 63.1 Å². The molecule has 128 valence electrons.